The van der Waals surface area contributed by atoms with Crippen LogP contribution in [0.3, 0.4) is 0 Å². The lowest BCUT2D eigenvalue weighted by Crippen LogP contribution is -2.57. The van der Waals surface area contributed by atoms with Crippen molar-refractivity contribution in [3.63, 3.8) is 0 Å². The van der Waals surface area contributed by atoms with Crippen LogP contribution in [0.5, 0.6) is 0 Å². The molecule has 0 aliphatic carbocycles. The van der Waals surface area contributed by atoms with E-state index in [9.17, 15) is 4.79 Å². The van der Waals surface area contributed by atoms with Crippen LogP contribution in [0.15, 0.2) is 0 Å². The molecule has 1 aliphatic rings. The van der Waals surface area contributed by atoms with Crippen LogP contribution >= 0.6 is 0 Å². The summed E-state index contributed by atoms with van der Waals surface area (Å²) in [5.41, 5.74) is 0. The fraction of sp³-hybridized carbons (Fsp3) is 0.923. The molecule has 1 heterocycles. The molecule has 2 atom stereocenters. The van der Waals surface area contributed by atoms with Gasteiger partial charge in [-0.2, -0.15) is 0 Å². The van der Waals surface area contributed by atoms with Gasteiger partial charge in [0, 0.05) is 12.6 Å². The molecule has 1 saturated heterocycles. The topological polar surface area (TPSA) is 29.5 Å². The highest BCUT2D eigenvalue weighted by Crippen LogP contribution is 2.26. The third-order valence-corrected chi connectivity index (χ3v) is 3.52. The van der Waals surface area contributed by atoms with Gasteiger partial charge in [-0.1, -0.05) is 33.1 Å². The first-order valence-corrected chi connectivity index (χ1v) is 6.58. The Morgan fingerprint density at radius 1 is 1.38 bits per heavy atom. The summed E-state index contributed by atoms with van der Waals surface area (Å²) in [6, 6.07) is 0.626. The number of nitrogens with zero attached hydrogens (tertiary/aromatic N) is 1. The van der Waals surface area contributed by atoms with E-state index in [0.717, 1.165) is 13.0 Å². The molecule has 1 aliphatic heterocycles. The Hall–Kier alpha value is -0.570. The largest absolute Gasteiger partial charge is 0.468 e. The summed E-state index contributed by atoms with van der Waals surface area (Å²) in [6.45, 7) is 5.50. The van der Waals surface area contributed by atoms with E-state index in [1.54, 1.807) is 0 Å². The number of unbranched alkanes of at least 4 members (excludes halogenated alkanes) is 1. The minimum Gasteiger partial charge on any atom is -0.468 e. The van der Waals surface area contributed by atoms with Crippen molar-refractivity contribution in [1.29, 1.82) is 0 Å². The smallest absolute Gasteiger partial charge is 0.323 e. The SMILES string of the molecule is CCCCC(CCC)N1CCC1C(=O)OC. The summed E-state index contributed by atoms with van der Waals surface area (Å²) in [7, 11) is 1.49. The number of esters is 1. The van der Waals surface area contributed by atoms with Crippen molar-refractivity contribution in [2.75, 3.05) is 13.7 Å². The van der Waals surface area contributed by atoms with Crippen LogP contribution in [-0.4, -0.2) is 36.6 Å². The van der Waals surface area contributed by atoms with E-state index in [4.69, 9.17) is 4.74 Å². The molecular weight excluding hydrogens is 202 g/mol. The van der Waals surface area contributed by atoms with Crippen LogP contribution in [0.1, 0.15) is 52.4 Å². The molecule has 3 nitrogen and oxygen atoms in total. The molecule has 2 unspecified atom stereocenters. The molecule has 3 heteroatoms. The molecular formula is C13H25NO2. The molecule has 1 rings (SSSR count). The summed E-state index contributed by atoms with van der Waals surface area (Å²) in [5, 5.41) is 0. The molecule has 0 N–H and O–H groups in total. The number of hydrogen-bond acceptors (Lipinski definition) is 3. The zero-order valence-electron chi connectivity index (χ0n) is 10.9. The van der Waals surface area contributed by atoms with Crippen molar-refractivity contribution in [3.05, 3.63) is 0 Å². The van der Waals surface area contributed by atoms with E-state index in [0.29, 0.717) is 6.04 Å². The second-order valence-electron chi connectivity index (χ2n) is 4.65. The van der Waals surface area contributed by atoms with Gasteiger partial charge < -0.3 is 4.74 Å². The summed E-state index contributed by atoms with van der Waals surface area (Å²) in [5.74, 6) is -0.0520. The van der Waals surface area contributed by atoms with Crippen LogP contribution in [0.25, 0.3) is 0 Å². The maximum Gasteiger partial charge on any atom is 0.323 e. The Morgan fingerprint density at radius 2 is 2.12 bits per heavy atom. The molecule has 0 saturated carbocycles. The molecule has 0 bridgehead atoms. The van der Waals surface area contributed by atoms with Gasteiger partial charge in [-0.15, -0.1) is 0 Å². The molecule has 94 valence electrons. The van der Waals surface area contributed by atoms with Gasteiger partial charge in [0.05, 0.1) is 7.11 Å². The third kappa shape index (κ3) is 3.21. The standard InChI is InChI=1S/C13H25NO2/c1-4-6-8-11(7-5-2)14-10-9-12(14)13(15)16-3/h11-12H,4-10H2,1-3H3. The summed E-state index contributed by atoms with van der Waals surface area (Å²) < 4.78 is 4.84. The Labute approximate surface area is 99.1 Å². The number of carbonyl (C=O) groups is 1. The number of likely N-dealkylation sites (tertiary alicyclic amines) is 1. The highest BCUT2D eigenvalue weighted by atomic mass is 16.5. The van der Waals surface area contributed by atoms with Crippen LogP contribution in [0.2, 0.25) is 0 Å². The van der Waals surface area contributed by atoms with Crippen molar-refractivity contribution < 1.29 is 9.53 Å². The third-order valence-electron chi connectivity index (χ3n) is 3.52. The van der Waals surface area contributed by atoms with Crippen LogP contribution in [-0.2, 0) is 9.53 Å². The second-order valence-corrected chi connectivity index (χ2v) is 4.65. The molecule has 0 spiro atoms. The Bertz CT molecular complexity index is 218. The minimum absolute atomic E-state index is 0.0402. The average molecular weight is 227 g/mol. The average Bonchev–Trinajstić information content (AvgIpc) is 2.24. The fourth-order valence-electron chi connectivity index (χ4n) is 2.48. The lowest BCUT2D eigenvalue weighted by atomic mass is 9.94. The van der Waals surface area contributed by atoms with Gasteiger partial charge in [0.25, 0.3) is 0 Å². The first kappa shape index (κ1) is 13.5. The Kier molecular flexibility index (Phi) is 5.81. The number of carbonyl (C=O) groups excluding carboxylic acids is 1. The number of hydrogen-bond donors (Lipinski definition) is 0. The monoisotopic (exact) mass is 227 g/mol. The van der Waals surface area contributed by atoms with E-state index in [1.165, 1.54) is 39.2 Å². The molecule has 0 amide bonds. The van der Waals surface area contributed by atoms with Crippen molar-refractivity contribution in [3.8, 4) is 0 Å². The molecule has 0 aromatic heterocycles. The van der Waals surface area contributed by atoms with Crippen LogP contribution < -0.4 is 0 Å². The van der Waals surface area contributed by atoms with Gasteiger partial charge >= 0.3 is 5.97 Å². The minimum atomic E-state index is -0.0520. The van der Waals surface area contributed by atoms with E-state index < -0.39 is 0 Å². The summed E-state index contributed by atoms with van der Waals surface area (Å²) in [6.07, 6.45) is 7.08. The van der Waals surface area contributed by atoms with Crippen LogP contribution in [0, 0.1) is 0 Å². The zero-order chi connectivity index (χ0) is 12.0. The maximum atomic E-state index is 11.5. The highest BCUT2D eigenvalue weighted by Gasteiger charge is 2.38. The lowest BCUT2D eigenvalue weighted by Gasteiger charge is -2.44. The molecule has 0 radical (unpaired) electrons. The van der Waals surface area contributed by atoms with Gasteiger partial charge in [0.15, 0.2) is 0 Å². The normalized spacial score (nSPS) is 22.6. The number of ether oxygens (including phenoxy) is 1. The first-order chi connectivity index (χ1) is 7.74. The lowest BCUT2D eigenvalue weighted by molar-refractivity contribution is -0.154. The van der Waals surface area contributed by atoms with Crippen molar-refractivity contribution in [2.45, 2.75) is 64.5 Å². The predicted octanol–water partition coefficient (Wildman–Crippen LogP) is 2.59. The van der Waals surface area contributed by atoms with Gasteiger partial charge in [-0.25, -0.2) is 0 Å². The molecule has 0 aromatic carbocycles. The van der Waals surface area contributed by atoms with Gasteiger partial charge in [0.2, 0.25) is 0 Å². The fourth-order valence-corrected chi connectivity index (χ4v) is 2.48. The quantitative estimate of drug-likeness (QED) is 0.626. The second kappa shape index (κ2) is 6.89. The van der Waals surface area contributed by atoms with Crippen molar-refractivity contribution >= 4 is 5.97 Å². The zero-order valence-corrected chi connectivity index (χ0v) is 10.9. The van der Waals surface area contributed by atoms with Crippen molar-refractivity contribution in [2.24, 2.45) is 0 Å². The molecule has 0 aromatic rings. The summed E-state index contributed by atoms with van der Waals surface area (Å²) in [4.78, 5) is 13.9. The predicted molar refractivity (Wildman–Crippen MR) is 65.3 cm³/mol. The van der Waals surface area contributed by atoms with Gasteiger partial charge in [-0.05, 0) is 19.3 Å². The highest BCUT2D eigenvalue weighted by molar-refractivity contribution is 5.76. The molecule has 1 fully saturated rings. The summed E-state index contributed by atoms with van der Waals surface area (Å²) >= 11 is 0. The van der Waals surface area contributed by atoms with E-state index in [2.05, 4.69) is 18.7 Å². The first-order valence-electron chi connectivity index (χ1n) is 6.58. The van der Waals surface area contributed by atoms with Crippen LogP contribution in [0.4, 0.5) is 0 Å². The Morgan fingerprint density at radius 3 is 2.56 bits per heavy atom. The Balaban J connectivity index is 2.47. The van der Waals surface area contributed by atoms with E-state index in [1.807, 2.05) is 0 Å². The molecule has 16 heavy (non-hydrogen) atoms. The van der Waals surface area contributed by atoms with E-state index in [-0.39, 0.29) is 12.0 Å². The van der Waals surface area contributed by atoms with E-state index >= 15 is 0 Å². The van der Waals surface area contributed by atoms with Crippen molar-refractivity contribution in [1.82, 2.24) is 4.90 Å². The number of methoxy groups -OCH3 is 1. The van der Waals surface area contributed by atoms with Gasteiger partial charge in [0.1, 0.15) is 6.04 Å². The maximum absolute atomic E-state index is 11.5. The van der Waals surface area contributed by atoms with Gasteiger partial charge in [-0.3, -0.25) is 9.69 Å². The number of rotatable bonds is 7.